The molecule has 0 unspecified atom stereocenters. The van der Waals surface area contributed by atoms with Crippen molar-refractivity contribution < 1.29 is 23.2 Å². The van der Waals surface area contributed by atoms with Crippen LogP contribution in [0.25, 0.3) is 10.9 Å². The Hall–Kier alpha value is -2.03. The Bertz CT molecular complexity index is 758. The third-order valence-electron chi connectivity index (χ3n) is 2.47. The van der Waals surface area contributed by atoms with E-state index in [2.05, 4.69) is 9.82 Å². The van der Waals surface area contributed by atoms with Gasteiger partial charge in [-0.25, -0.2) is 13.2 Å². The van der Waals surface area contributed by atoms with Gasteiger partial charge in [0.25, 0.3) is 10.0 Å². The second kappa shape index (κ2) is 5.53. The fraction of sp³-hybridized carbons (Fsp3) is 0.167. The molecule has 1 aromatic carbocycles. The molecule has 0 aliphatic rings. The number of aromatic nitrogens is 1. The fourth-order valence-electron chi connectivity index (χ4n) is 1.72. The van der Waals surface area contributed by atoms with Crippen molar-refractivity contribution >= 4 is 26.9 Å². The predicted molar refractivity (Wildman–Crippen MR) is 70.4 cm³/mol. The second-order valence-corrected chi connectivity index (χ2v) is 5.72. The molecule has 106 valence electrons. The maximum absolute atomic E-state index is 12.1. The average Bonchev–Trinajstić information content (AvgIpc) is 2.37. The smallest absolute Gasteiger partial charge is 0.331 e. The van der Waals surface area contributed by atoms with E-state index in [9.17, 15) is 13.2 Å². The summed E-state index contributed by atoms with van der Waals surface area (Å²) in [5, 5.41) is 9.10. The van der Waals surface area contributed by atoms with Gasteiger partial charge < -0.3 is 5.11 Å². The number of carboxylic acid groups (broad SMARTS) is 1. The van der Waals surface area contributed by atoms with Crippen LogP contribution >= 0.6 is 0 Å². The van der Waals surface area contributed by atoms with Gasteiger partial charge in [-0.3, -0.25) is 9.82 Å². The molecule has 7 nitrogen and oxygen atoms in total. The molecule has 0 atom stereocenters. The maximum Gasteiger partial charge on any atom is 0.331 e. The molecule has 0 saturated carbocycles. The van der Waals surface area contributed by atoms with E-state index in [1.54, 1.807) is 30.0 Å². The number of carboxylic acids is 1. The van der Waals surface area contributed by atoms with Gasteiger partial charge in [0.1, 0.15) is 4.90 Å². The van der Waals surface area contributed by atoms with E-state index < -0.39 is 22.6 Å². The van der Waals surface area contributed by atoms with Crippen LogP contribution in [0.2, 0.25) is 0 Å². The standard InChI is InChI=1S/C12H12N2O5S/c1-8-5-9-3-2-4-13-12(9)10(6-8)20(17,18)14-19-7-11(15)16/h2-6,14H,7H2,1H3,(H,15,16). The molecule has 0 amide bonds. The molecule has 20 heavy (non-hydrogen) atoms. The molecule has 0 aliphatic carbocycles. The highest BCUT2D eigenvalue weighted by molar-refractivity contribution is 7.89. The first-order valence-corrected chi connectivity index (χ1v) is 7.09. The number of aliphatic carboxylic acids is 1. The summed E-state index contributed by atoms with van der Waals surface area (Å²) in [5.41, 5.74) is 1.04. The first kappa shape index (κ1) is 14.4. The molecule has 0 aliphatic heterocycles. The van der Waals surface area contributed by atoms with E-state index in [-0.39, 0.29) is 4.90 Å². The number of rotatable bonds is 5. The Kier molecular flexibility index (Phi) is 3.98. The lowest BCUT2D eigenvalue weighted by Gasteiger charge is -2.09. The summed E-state index contributed by atoms with van der Waals surface area (Å²) in [6, 6.07) is 6.69. The minimum atomic E-state index is -4.00. The normalized spacial score (nSPS) is 11.7. The van der Waals surface area contributed by atoms with Gasteiger partial charge in [0, 0.05) is 11.6 Å². The van der Waals surface area contributed by atoms with Crippen LogP contribution in [0, 0.1) is 6.92 Å². The van der Waals surface area contributed by atoms with Crippen LogP contribution in [-0.2, 0) is 19.7 Å². The predicted octanol–water partition coefficient (Wildman–Crippen LogP) is 0.838. The van der Waals surface area contributed by atoms with E-state index in [1.807, 2.05) is 0 Å². The van der Waals surface area contributed by atoms with E-state index >= 15 is 0 Å². The Balaban J connectivity index is 2.43. The lowest BCUT2D eigenvalue weighted by atomic mass is 10.1. The van der Waals surface area contributed by atoms with Gasteiger partial charge >= 0.3 is 5.97 Å². The van der Waals surface area contributed by atoms with E-state index in [0.717, 1.165) is 5.56 Å². The number of aryl methyl sites for hydroxylation is 1. The Morgan fingerprint density at radius 3 is 2.90 bits per heavy atom. The number of hydrogen-bond donors (Lipinski definition) is 2. The molecule has 0 spiro atoms. The van der Waals surface area contributed by atoms with Crippen molar-refractivity contribution in [1.82, 2.24) is 9.87 Å². The zero-order valence-corrected chi connectivity index (χ0v) is 11.3. The van der Waals surface area contributed by atoms with Crippen molar-refractivity contribution in [1.29, 1.82) is 0 Å². The topological polar surface area (TPSA) is 106 Å². The van der Waals surface area contributed by atoms with Gasteiger partial charge in [-0.15, -0.1) is 0 Å². The summed E-state index contributed by atoms with van der Waals surface area (Å²) < 4.78 is 24.2. The summed E-state index contributed by atoms with van der Waals surface area (Å²) >= 11 is 0. The third-order valence-corrected chi connectivity index (χ3v) is 3.70. The summed E-state index contributed by atoms with van der Waals surface area (Å²) in [5.74, 6) is -1.28. The molecule has 1 heterocycles. The minimum absolute atomic E-state index is 0.0570. The molecule has 0 fully saturated rings. The molecule has 8 heteroatoms. The summed E-state index contributed by atoms with van der Waals surface area (Å²) in [6.45, 7) is 0.986. The number of nitrogens with zero attached hydrogens (tertiary/aromatic N) is 1. The van der Waals surface area contributed by atoms with Crippen LogP contribution in [0.5, 0.6) is 0 Å². The SMILES string of the molecule is Cc1cc(S(=O)(=O)NOCC(=O)O)c2ncccc2c1. The average molecular weight is 296 g/mol. The molecular weight excluding hydrogens is 284 g/mol. The van der Waals surface area contributed by atoms with E-state index in [1.165, 1.54) is 12.3 Å². The number of carbonyl (C=O) groups is 1. The number of nitrogens with one attached hydrogen (secondary N) is 1. The highest BCUT2D eigenvalue weighted by atomic mass is 32.2. The molecular formula is C12H12N2O5S. The number of sulfonamides is 1. The summed E-state index contributed by atoms with van der Waals surface area (Å²) in [7, 11) is -4.00. The zero-order valence-electron chi connectivity index (χ0n) is 10.5. The fourth-order valence-corrected chi connectivity index (χ4v) is 2.79. The van der Waals surface area contributed by atoms with Crippen LogP contribution in [0.4, 0.5) is 0 Å². The van der Waals surface area contributed by atoms with Crippen LogP contribution in [0.1, 0.15) is 5.56 Å². The number of benzene rings is 1. The van der Waals surface area contributed by atoms with Crippen molar-refractivity contribution in [2.24, 2.45) is 0 Å². The monoisotopic (exact) mass is 296 g/mol. The van der Waals surface area contributed by atoms with Crippen LogP contribution in [-0.4, -0.2) is 31.1 Å². The Morgan fingerprint density at radius 1 is 1.45 bits per heavy atom. The zero-order chi connectivity index (χ0) is 14.8. The highest BCUT2D eigenvalue weighted by Gasteiger charge is 2.19. The summed E-state index contributed by atoms with van der Waals surface area (Å²) in [4.78, 5) is 20.5. The van der Waals surface area contributed by atoms with Crippen molar-refractivity contribution in [2.75, 3.05) is 6.61 Å². The first-order valence-electron chi connectivity index (χ1n) is 5.61. The van der Waals surface area contributed by atoms with E-state index in [4.69, 9.17) is 5.11 Å². The molecule has 1 aromatic heterocycles. The highest BCUT2D eigenvalue weighted by Crippen LogP contribution is 2.22. The number of pyridine rings is 1. The van der Waals surface area contributed by atoms with Crippen LogP contribution in [0.15, 0.2) is 35.4 Å². The lowest BCUT2D eigenvalue weighted by molar-refractivity contribution is -0.143. The van der Waals surface area contributed by atoms with Crippen molar-refractivity contribution in [3.63, 3.8) is 0 Å². The molecule has 2 aromatic rings. The van der Waals surface area contributed by atoms with Gasteiger partial charge in [-0.1, -0.05) is 11.0 Å². The Labute approximate surface area is 115 Å². The Morgan fingerprint density at radius 2 is 2.20 bits per heavy atom. The minimum Gasteiger partial charge on any atom is -0.479 e. The molecule has 0 saturated heterocycles. The lowest BCUT2D eigenvalue weighted by Crippen LogP contribution is -2.27. The van der Waals surface area contributed by atoms with Gasteiger partial charge in [0.15, 0.2) is 6.61 Å². The quantitative estimate of drug-likeness (QED) is 0.792. The van der Waals surface area contributed by atoms with Crippen molar-refractivity contribution in [3.8, 4) is 0 Å². The number of hydrogen-bond acceptors (Lipinski definition) is 5. The van der Waals surface area contributed by atoms with Gasteiger partial charge in [-0.05, 0) is 30.7 Å². The van der Waals surface area contributed by atoms with Crippen molar-refractivity contribution in [2.45, 2.75) is 11.8 Å². The molecule has 2 rings (SSSR count). The second-order valence-electron chi connectivity index (χ2n) is 4.11. The van der Waals surface area contributed by atoms with Gasteiger partial charge in [-0.2, -0.15) is 0 Å². The van der Waals surface area contributed by atoms with Gasteiger partial charge in [0.05, 0.1) is 5.52 Å². The molecule has 2 N–H and O–H groups in total. The van der Waals surface area contributed by atoms with Crippen LogP contribution in [0.3, 0.4) is 0 Å². The number of fused-ring (bicyclic) bond motifs is 1. The summed E-state index contributed by atoms with van der Waals surface area (Å²) in [6.07, 6.45) is 1.48. The maximum atomic E-state index is 12.1. The molecule has 0 bridgehead atoms. The van der Waals surface area contributed by atoms with Crippen molar-refractivity contribution in [3.05, 3.63) is 36.0 Å². The third kappa shape index (κ3) is 3.10. The van der Waals surface area contributed by atoms with Crippen LogP contribution < -0.4 is 4.89 Å². The van der Waals surface area contributed by atoms with E-state index in [0.29, 0.717) is 10.9 Å². The molecule has 0 radical (unpaired) electrons. The largest absolute Gasteiger partial charge is 0.479 e. The first-order chi connectivity index (χ1) is 9.40. The van der Waals surface area contributed by atoms with Gasteiger partial charge in [0.2, 0.25) is 0 Å².